The van der Waals surface area contributed by atoms with Gasteiger partial charge in [0.2, 0.25) is 11.8 Å². The maximum atomic E-state index is 12.7. The molecule has 1 aliphatic heterocycles. The lowest BCUT2D eigenvalue weighted by Gasteiger charge is -2.29. The lowest BCUT2D eigenvalue weighted by atomic mass is 10.1. The molecule has 0 spiro atoms. The summed E-state index contributed by atoms with van der Waals surface area (Å²) in [5.41, 5.74) is 2.21. The summed E-state index contributed by atoms with van der Waals surface area (Å²) in [7, 11) is 1.72. The Morgan fingerprint density at radius 3 is 2.58 bits per heavy atom. The van der Waals surface area contributed by atoms with E-state index in [4.69, 9.17) is 0 Å². The maximum absolute atomic E-state index is 12.7. The Morgan fingerprint density at radius 1 is 1.29 bits per heavy atom. The number of carbonyl (C=O) groups is 2. The lowest BCUT2D eigenvalue weighted by molar-refractivity contribution is -0.141. The van der Waals surface area contributed by atoms with Gasteiger partial charge in [0.1, 0.15) is 6.04 Å². The summed E-state index contributed by atoms with van der Waals surface area (Å²) in [6.07, 6.45) is 2.63. The number of hydrogen-bond donors (Lipinski definition) is 1. The third kappa shape index (κ3) is 3.78. The number of likely N-dealkylation sites (tertiary alicyclic amines) is 1. The molecule has 0 radical (unpaired) electrons. The smallest absolute Gasteiger partial charge is 0.245 e. The van der Waals surface area contributed by atoms with E-state index in [-0.39, 0.29) is 11.8 Å². The maximum Gasteiger partial charge on any atom is 0.245 e. The summed E-state index contributed by atoms with van der Waals surface area (Å²) in [5.74, 6) is 0.312. The van der Waals surface area contributed by atoms with E-state index < -0.39 is 12.1 Å². The molecule has 1 aliphatic carbocycles. The highest BCUT2D eigenvalue weighted by molar-refractivity contribution is 5.90. The fourth-order valence-electron chi connectivity index (χ4n) is 3.33. The zero-order valence-electron chi connectivity index (χ0n) is 14.4. The third-order valence-electron chi connectivity index (χ3n) is 5.09. The third-order valence-corrected chi connectivity index (χ3v) is 5.09. The number of rotatable bonds is 6. The number of hydrogen-bond acceptors (Lipinski definition) is 3. The SMILES string of the molecule is Cc1ccc(CN2C(=O)CCC2C(=O)N(C)CC(O)C2CC2)cc1. The fraction of sp³-hybridized carbons (Fsp3) is 0.579. The first-order chi connectivity index (χ1) is 11.5. The molecule has 1 aromatic rings. The summed E-state index contributed by atoms with van der Waals surface area (Å²) in [6.45, 7) is 2.85. The second-order valence-corrected chi connectivity index (χ2v) is 7.19. The van der Waals surface area contributed by atoms with Gasteiger partial charge < -0.3 is 14.9 Å². The van der Waals surface area contributed by atoms with Crippen molar-refractivity contribution < 1.29 is 14.7 Å². The second-order valence-electron chi connectivity index (χ2n) is 7.19. The largest absolute Gasteiger partial charge is 0.391 e. The van der Waals surface area contributed by atoms with Gasteiger partial charge in [-0.15, -0.1) is 0 Å². The molecule has 3 rings (SSSR count). The standard InChI is InChI=1S/C19H26N2O3/c1-13-3-5-14(6-4-13)11-21-16(9-10-18(21)23)19(24)20(2)12-17(22)15-7-8-15/h3-6,15-17,22H,7-12H2,1-2H3. The van der Waals surface area contributed by atoms with Gasteiger partial charge in [-0.2, -0.15) is 0 Å². The molecule has 2 amide bonds. The Balaban J connectivity index is 1.65. The van der Waals surface area contributed by atoms with Crippen LogP contribution in [0.1, 0.15) is 36.8 Å². The summed E-state index contributed by atoms with van der Waals surface area (Å²) >= 11 is 0. The van der Waals surface area contributed by atoms with Gasteiger partial charge in [0.15, 0.2) is 0 Å². The topological polar surface area (TPSA) is 60.9 Å². The molecule has 1 heterocycles. The molecule has 1 saturated carbocycles. The Labute approximate surface area is 143 Å². The fourth-order valence-corrected chi connectivity index (χ4v) is 3.33. The van der Waals surface area contributed by atoms with Gasteiger partial charge >= 0.3 is 0 Å². The first-order valence-electron chi connectivity index (χ1n) is 8.74. The zero-order chi connectivity index (χ0) is 17.3. The molecular formula is C19H26N2O3. The van der Waals surface area contributed by atoms with Crippen molar-refractivity contribution in [1.29, 1.82) is 0 Å². The monoisotopic (exact) mass is 330 g/mol. The molecule has 2 aliphatic rings. The van der Waals surface area contributed by atoms with Crippen LogP contribution in [0, 0.1) is 12.8 Å². The first-order valence-corrected chi connectivity index (χ1v) is 8.74. The van der Waals surface area contributed by atoms with Crippen molar-refractivity contribution in [3.05, 3.63) is 35.4 Å². The highest BCUT2D eigenvalue weighted by atomic mass is 16.3. The van der Waals surface area contributed by atoms with E-state index in [2.05, 4.69) is 0 Å². The molecule has 0 bridgehead atoms. The molecule has 1 saturated heterocycles. The van der Waals surface area contributed by atoms with Crippen LogP contribution in [-0.4, -0.2) is 52.5 Å². The molecule has 24 heavy (non-hydrogen) atoms. The minimum Gasteiger partial charge on any atom is -0.391 e. The minimum absolute atomic E-state index is 0.0325. The second kappa shape index (κ2) is 6.93. The van der Waals surface area contributed by atoms with E-state index in [1.54, 1.807) is 16.8 Å². The molecule has 5 nitrogen and oxygen atoms in total. The van der Waals surface area contributed by atoms with Crippen molar-refractivity contribution >= 4 is 11.8 Å². The van der Waals surface area contributed by atoms with Crippen molar-refractivity contribution in [1.82, 2.24) is 9.80 Å². The molecule has 5 heteroatoms. The van der Waals surface area contributed by atoms with Crippen LogP contribution in [0.15, 0.2) is 24.3 Å². The van der Waals surface area contributed by atoms with Gasteiger partial charge in [-0.1, -0.05) is 29.8 Å². The van der Waals surface area contributed by atoms with E-state index in [1.807, 2.05) is 31.2 Å². The van der Waals surface area contributed by atoms with Crippen molar-refractivity contribution in [3.8, 4) is 0 Å². The number of aryl methyl sites for hydroxylation is 1. The number of likely N-dealkylation sites (N-methyl/N-ethyl adjacent to an activating group) is 1. The molecule has 0 aromatic heterocycles. The van der Waals surface area contributed by atoms with Crippen molar-refractivity contribution in [2.45, 2.75) is 51.3 Å². The van der Waals surface area contributed by atoms with Crippen LogP contribution in [0.4, 0.5) is 0 Å². The van der Waals surface area contributed by atoms with Crippen molar-refractivity contribution in [2.24, 2.45) is 5.92 Å². The van der Waals surface area contributed by atoms with Crippen LogP contribution in [0.25, 0.3) is 0 Å². The van der Waals surface area contributed by atoms with Gasteiger partial charge in [-0.3, -0.25) is 9.59 Å². The number of nitrogens with zero attached hydrogens (tertiary/aromatic N) is 2. The number of aliphatic hydroxyl groups excluding tert-OH is 1. The van der Waals surface area contributed by atoms with Crippen molar-refractivity contribution in [2.75, 3.05) is 13.6 Å². The molecule has 2 atom stereocenters. The Hall–Kier alpha value is -1.88. The quantitative estimate of drug-likeness (QED) is 0.864. The summed E-state index contributed by atoms with van der Waals surface area (Å²) in [6, 6.07) is 7.64. The molecule has 2 fully saturated rings. The van der Waals surface area contributed by atoms with Gasteiger partial charge in [0.25, 0.3) is 0 Å². The van der Waals surface area contributed by atoms with E-state index in [1.165, 1.54) is 5.56 Å². The average Bonchev–Trinajstić information content (AvgIpc) is 3.35. The molecular weight excluding hydrogens is 304 g/mol. The zero-order valence-corrected chi connectivity index (χ0v) is 14.4. The number of benzene rings is 1. The molecule has 1 N–H and O–H groups in total. The summed E-state index contributed by atoms with van der Waals surface area (Å²) in [5, 5.41) is 10.1. The summed E-state index contributed by atoms with van der Waals surface area (Å²) in [4.78, 5) is 28.3. The Morgan fingerprint density at radius 2 is 1.96 bits per heavy atom. The van der Waals surface area contributed by atoms with E-state index in [0.717, 1.165) is 18.4 Å². The Kier molecular flexibility index (Phi) is 4.90. The van der Waals surface area contributed by atoms with Crippen LogP contribution < -0.4 is 0 Å². The van der Waals surface area contributed by atoms with Crippen LogP contribution in [0.3, 0.4) is 0 Å². The number of amides is 2. The predicted octanol–water partition coefficient (Wildman–Crippen LogP) is 1.72. The van der Waals surface area contributed by atoms with Crippen LogP contribution in [0.2, 0.25) is 0 Å². The summed E-state index contributed by atoms with van der Waals surface area (Å²) < 4.78 is 0. The minimum atomic E-state index is -0.443. The van der Waals surface area contributed by atoms with E-state index in [0.29, 0.717) is 31.8 Å². The normalized spacial score (nSPS) is 21.9. The Bertz CT molecular complexity index is 610. The number of aliphatic hydroxyl groups is 1. The first kappa shape index (κ1) is 17.0. The van der Waals surface area contributed by atoms with E-state index >= 15 is 0 Å². The van der Waals surface area contributed by atoms with Crippen LogP contribution in [0.5, 0.6) is 0 Å². The molecule has 130 valence electrons. The van der Waals surface area contributed by atoms with Gasteiger partial charge in [0, 0.05) is 26.6 Å². The average molecular weight is 330 g/mol. The highest BCUT2D eigenvalue weighted by Gasteiger charge is 2.38. The van der Waals surface area contributed by atoms with Crippen molar-refractivity contribution in [3.63, 3.8) is 0 Å². The van der Waals surface area contributed by atoms with Crippen LogP contribution in [-0.2, 0) is 16.1 Å². The van der Waals surface area contributed by atoms with Crippen LogP contribution >= 0.6 is 0 Å². The lowest BCUT2D eigenvalue weighted by Crippen LogP contribution is -2.47. The molecule has 2 unspecified atom stereocenters. The predicted molar refractivity (Wildman–Crippen MR) is 91.1 cm³/mol. The highest BCUT2D eigenvalue weighted by Crippen LogP contribution is 2.33. The van der Waals surface area contributed by atoms with E-state index in [9.17, 15) is 14.7 Å². The van der Waals surface area contributed by atoms with Gasteiger partial charge in [-0.05, 0) is 37.7 Å². The molecule has 1 aromatic carbocycles. The van der Waals surface area contributed by atoms with Gasteiger partial charge in [-0.25, -0.2) is 0 Å². The number of carbonyl (C=O) groups excluding carboxylic acids is 2. The van der Waals surface area contributed by atoms with Gasteiger partial charge in [0.05, 0.1) is 6.10 Å².